The van der Waals surface area contributed by atoms with Crippen LogP contribution in [-0.4, -0.2) is 28.3 Å². The molecule has 4 rings (SSSR count). The first kappa shape index (κ1) is 18.8. The van der Waals surface area contributed by atoms with Gasteiger partial charge in [0.25, 0.3) is 0 Å². The van der Waals surface area contributed by atoms with Gasteiger partial charge in [0.1, 0.15) is 12.3 Å². The Kier molecular flexibility index (Phi) is 5.49. The minimum absolute atomic E-state index is 0.114. The zero-order valence-corrected chi connectivity index (χ0v) is 17.0. The zero-order chi connectivity index (χ0) is 19.5. The average Bonchev–Trinajstić information content (AvgIpc) is 3.31. The van der Waals surface area contributed by atoms with Crippen LogP contribution < -0.4 is 0 Å². The Labute approximate surface area is 170 Å². The van der Waals surface area contributed by atoms with Crippen LogP contribution >= 0.6 is 11.6 Å². The maximum Gasteiger partial charge on any atom is 0.237 e. The van der Waals surface area contributed by atoms with E-state index in [4.69, 9.17) is 26.4 Å². The maximum absolute atomic E-state index is 5.96. The van der Waals surface area contributed by atoms with Crippen LogP contribution in [0.2, 0.25) is 5.02 Å². The van der Waals surface area contributed by atoms with Gasteiger partial charge < -0.3 is 4.74 Å². The first-order valence-corrected chi connectivity index (χ1v) is 10.1. The van der Waals surface area contributed by atoms with Crippen LogP contribution in [-0.2, 0) is 24.1 Å². The monoisotopic (exact) mass is 393 g/mol. The molecule has 2 heterocycles. The summed E-state index contributed by atoms with van der Waals surface area (Å²) in [7, 11) is 0. The molecule has 1 atom stereocenters. The van der Waals surface area contributed by atoms with Crippen molar-refractivity contribution in [1.82, 2.24) is 9.78 Å². The zero-order valence-electron chi connectivity index (χ0n) is 16.2. The molecule has 4 nitrogen and oxygen atoms in total. The third-order valence-electron chi connectivity index (χ3n) is 5.06. The van der Waals surface area contributed by atoms with Crippen LogP contribution in [0, 0.1) is 6.92 Å². The molecule has 1 aliphatic rings. The molecule has 0 radical (unpaired) electrons. The van der Waals surface area contributed by atoms with Crippen molar-refractivity contribution < 1.29 is 4.74 Å². The summed E-state index contributed by atoms with van der Waals surface area (Å²) in [5.41, 5.74) is 5.70. The topological polar surface area (TPSA) is 39.4 Å². The van der Waals surface area contributed by atoms with Crippen molar-refractivity contribution in [2.45, 2.75) is 39.3 Å². The molecule has 144 valence electrons. The number of rotatable bonds is 6. The van der Waals surface area contributed by atoms with Gasteiger partial charge in [-0.05, 0) is 54.7 Å². The molecular weight excluding hydrogens is 370 g/mol. The van der Waals surface area contributed by atoms with Gasteiger partial charge in [0.2, 0.25) is 5.90 Å². The van der Waals surface area contributed by atoms with Gasteiger partial charge in [-0.15, -0.1) is 0 Å². The molecule has 0 amide bonds. The number of hydrogen-bond donors (Lipinski definition) is 0. The highest BCUT2D eigenvalue weighted by Crippen LogP contribution is 2.18. The second-order valence-corrected chi connectivity index (χ2v) is 7.66. The van der Waals surface area contributed by atoms with E-state index < -0.39 is 0 Å². The fourth-order valence-electron chi connectivity index (χ4n) is 3.38. The Morgan fingerprint density at radius 3 is 2.43 bits per heavy atom. The summed E-state index contributed by atoms with van der Waals surface area (Å²) in [5.74, 6) is 0.641. The summed E-state index contributed by atoms with van der Waals surface area (Å²) < 4.78 is 7.85. The number of aliphatic imine (C=N–C) groups is 1. The summed E-state index contributed by atoms with van der Waals surface area (Å²) >= 11 is 5.96. The van der Waals surface area contributed by atoms with Crippen LogP contribution in [0.3, 0.4) is 0 Å². The van der Waals surface area contributed by atoms with E-state index in [1.165, 1.54) is 16.7 Å². The Balaban J connectivity index is 1.45. The summed E-state index contributed by atoms with van der Waals surface area (Å²) in [6.07, 6.45) is 1.89. The van der Waals surface area contributed by atoms with E-state index in [0.29, 0.717) is 12.5 Å². The number of aromatic nitrogens is 2. The molecular formula is C23H24ClN3O. The SMILES string of the molecule is CCc1ccc(Cn2nc(C3=NC(Cc4ccc(Cl)cc4)CO3)cc2C)cc1. The molecule has 2 aromatic carbocycles. The van der Waals surface area contributed by atoms with Crippen molar-refractivity contribution in [2.75, 3.05) is 6.61 Å². The van der Waals surface area contributed by atoms with Crippen LogP contribution in [0.15, 0.2) is 59.6 Å². The molecule has 0 saturated carbocycles. The highest BCUT2D eigenvalue weighted by molar-refractivity contribution is 6.30. The van der Waals surface area contributed by atoms with E-state index in [0.717, 1.165) is 35.8 Å². The van der Waals surface area contributed by atoms with Crippen LogP contribution in [0.4, 0.5) is 0 Å². The average molecular weight is 394 g/mol. The summed E-state index contributed by atoms with van der Waals surface area (Å²) in [4.78, 5) is 4.75. The van der Waals surface area contributed by atoms with Gasteiger partial charge in [-0.2, -0.15) is 5.10 Å². The quantitative estimate of drug-likeness (QED) is 0.600. The molecule has 1 aliphatic heterocycles. The number of hydrogen-bond acceptors (Lipinski definition) is 3. The van der Waals surface area contributed by atoms with Crippen molar-refractivity contribution in [3.8, 4) is 0 Å². The second kappa shape index (κ2) is 8.19. The number of nitrogens with zero attached hydrogens (tertiary/aromatic N) is 3. The van der Waals surface area contributed by atoms with E-state index >= 15 is 0 Å². The Bertz CT molecular complexity index is 974. The van der Waals surface area contributed by atoms with Crippen molar-refractivity contribution in [3.05, 3.63) is 87.7 Å². The lowest BCUT2D eigenvalue weighted by atomic mass is 10.1. The molecule has 0 N–H and O–H groups in total. The molecule has 0 saturated heterocycles. The van der Waals surface area contributed by atoms with Crippen molar-refractivity contribution >= 4 is 17.5 Å². The number of ether oxygens (including phenoxy) is 1. The minimum Gasteiger partial charge on any atom is -0.474 e. The Morgan fingerprint density at radius 1 is 1.04 bits per heavy atom. The highest BCUT2D eigenvalue weighted by Gasteiger charge is 2.23. The molecule has 0 spiro atoms. The summed E-state index contributed by atoms with van der Waals surface area (Å²) in [6.45, 7) is 5.57. The van der Waals surface area contributed by atoms with Crippen LogP contribution in [0.1, 0.15) is 35.0 Å². The lowest BCUT2D eigenvalue weighted by molar-refractivity contribution is 0.316. The van der Waals surface area contributed by atoms with Crippen molar-refractivity contribution in [2.24, 2.45) is 4.99 Å². The van der Waals surface area contributed by atoms with E-state index in [9.17, 15) is 0 Å². The van der Waals surface area contributed by atoms with Gasteiger partial charge in [-0.1, -0.05) is 54.9 Å². The predicted molar refractivity (Wildman–Crippen MR) is 113 cm³/mol. The smallest absolute Gasteiger partial charge is 0.237 e. The second-order valence-electron chi connectivity index (χ2n) is 7.23. The van der Waals surface area contributed by atoms with Crippen molar-refractivity contribution in [3.63, 3.8) is 0 Å². The summed E-state index contributed by atoms with van der Waals surface area (Å²) in [6, 6.07) is 18.8. The van der Waals surface area contributed by atoms with Gasteiger partial charge in [0.05, 0.1) is 12.6 Å². The molecule has 1 unspecified atom stereocenters. The molecule has 5 heteroatoms. The summed E-state index contributed by atoms with van der Waals surface area (Å²) in [5, 5.41) is 5.48. The van der Waals surface area contributed by atoms with Crippen molar-refractivity contribution in [1.29, 1.82) is 0 Å². The molecule has 0 fully saturated rings. The fourth-order valence-corrected chi connectivity index (χ4v) is 3.51. The molecule has 0 aliphatic carbocycles. The van der Waals surface area contributed by atoms with E-state index in [1.807, 2.05) is 35.0 Å². The van der Waals surface area contributed by atoms with Gasteiger partial charge in [0, 0.05) is 10.7 Å². The first-order valence-electron chi connectivity index (χ1n) is 9.68. The highest BCUT2D eigenvalue weighted by atomic mass is 35.5. The lowest BCUT2D eigenvalue weighted by Gasteiger charge is -2.05. The van der Waals surface area contributed by atoms with Crippen LogP contribution in [0.25, 0.3) is 0 Å². The molecule has 28 heavy (non-hydrogen) atoms. The molecule has 3 aromatic rings. The van der Waals surface area contributed by atoms with Gasteiger partial charge >= 0.3 is 0 Å². The Morgan fingerprint density at radius 2 is 1.71 bits per heavy atom. The van der Waals surface area contributed by atoms with E-state index in [2.05, 4.69) is 38.1 Å². The third kappa shape index (κ3) is 4.28. The van der Waals surface area contributed by atoms with Gasteiger partial charge in [-0.25, -0.2) is 4.99 Å². The first-order chi connectivity index (χ1) is 13.6. The third-order valence-corrected chi connectivity index (χ3v) is 5.31. The number of halogens is 1. The maximum atomic E-state index is 5.96. The predicted octanol–water partition coefficient (Wildman–Crippen LogP) is 4.84. The number of benzene rings is 2. The standard InChI is InChI=1S/C23H24ClN3O/c1-3-17-4-6-19(7-5-17)14-27-16(2)12-22(26-27)23-25-21(15-28-23)13-18-8-10-20(24)11-9-18/h4-12,21H,3,13-15H2,1-2H3. The van der Waals surface area contributed by atoms with E-state index in [1.54, 1.807) is 0 Å². The van der Waals surface area contributed by atoms with E-state index in [-0.39, 0.29) is 6.04 Å². The minimum atomic E-state index is 0.114. The number of aryl methyl sites for hydroxylation is 2. The van der Waals surface area contributed by atoms with Crippen LogP contribution in [0.5, 0.6) is 0 Å². The molecule has 0 bridgehead atoms. The van der Waals surface area contributed by atoms with Gasteiger partial charge in [0.15, 0.2) is 0 Å². The normalized spacial score (nSPS) is 16.1. The molecule has 1 aromatic heterocycles. The fraction of sp³-hybridized carbons (Fsp3) is 0.304. The largest absolute Gasteiger partial charge is 0.474 e. The lowest BCUT2D eigenvalue weighted by Crippen LogP contribution is -2.09. The van der Waals surface area contributed by atoms with Gasteiger partial charge in [-0.3, -0.25) is 4.68 Å². The Hall–Kier alpha value is -2.59.